The van der Waals surface area contributed by atoms with E-state index in [1.807, 2.05) is 31.2 Å². The number of thioether (sulfide) groups is 1. The van der Waals surface area contributed by atoms with E-state index in [0.29, 0.717) is 18.7 Å². The molecule has 29 heavy (non-hydrogen) atoms. The number of methoxy groups -OCH3 is 1. The third kappa shape index (κ3) is 6.30. The molecule has 3 rings (SSSR count). The topological polar surface area (TPSA) is 51.2 Å². The first-order valence-corrected chi connectivity index (χ1v) is 11.2. The van der Waals surface area contributed by atoms with E-state index in [9.17, 15) is 9.18 Å². The van der Waals surface area contributed by atoms with Crippen LogP contribution >= 0.6 is 23.1 Å². The van der Waals surface area contributed by atoms with Gasteiger partial charge in [0, 0.05) is 22.7 Å². The number of carbonyl (C=O) groups is 1. The molecule has 2 aromatic carbocycles. The second-order valence-corrected chi connectivity index (χ2v) is 8.54. The van der Waals surface area contributed by atoms with Crippen molar-refractivity contribution in [3.8, 4) is 16.3 Å². The van der Waals surface area contributed by atoms with Crippen molar-refractivity contribution in [1.29, 1.82) is 0 Å². The average molecular weight is 431 g/mol. The SMILES string of the molecule is COc1ccc(-c2nc(C)c(CSCC(=O)NCCc3ccc(F)cc3)s2)cc1. The van der Waals surface area contributed by atoms with Crippen molar-refractivity contribution in [2.24, 2.45) is 0 Å². The van der Waals surface area contributed by atoms with E-state index in [2.05, 4.69) is 10.3 Å². The molecule has 3 aromatic rings. The van der Waals surface area contributed by atoms with E-state index in [1.54, 1.807) is 42.3 Å². The Balaban J connectivity index is 1.43. The maximum atomic E-state index is 12.9. The van der Waals surface area contributed by atoms with Crippen LogP contribution in [0.25, 0.3) is 10.6 Å². The van der Waals surface area contributed by atoms with E-state index >= 15 is 0 Å². The van der Waals surface area contributed by atoms with Gasteiger partial charge in [-0.3, -0.25) is 4.79 Å². The normalized spacial score (nSPS) is 10.7. The minimum absolute atomic E-state index is 0.00894. The molecule has 0 radical (unpaired) electrons. The Labute approximate surface area is 178 Å². The molecule has 0 unspecified atom stereocenters. The summed E-state index contributed by atoms with van der Waals surface area (Å²) >= 11 is 3.24. The summed E-state index contributed by atoms with van der Waals surface area (Å²) in [5.74, 6) is 1.74. The van der Waals surface area contributed by atoms with Gasteiger partial charge in [-0.25, -0.2) is 9.37 Å². The van der Waals surface area contributed by atoms with Crippen LogP contribution in [0.1, 0.15) is 16.1 Å². The maximum absolute atomic E-state index is 12.9. The molecule has 0 saturated carbocycles. The molecule has 0 bridgehead atoms. The summed E-state index contributed by atoms with van der Waals surface area (Å²) in [6, 6.07) is 14.2. The zero-order chi connectivity index (χ0) is 20.6. The van der Waals surface area contributed by atoms with E-state index in [-0.39, 0.29) is 11.7 Å². The number of carbonyl (C=O) groups excluding carboxylic acids is 1. The highest BCUT2D eigenvalue weighted by atomic mass is 32.2. The molecule has 0 aliphatic rings. The fourth-order valence-corrected chi connectivity index (χ4v) is 4.84. The summed E-state index contributed by atoms with van der Waals surface area (Å²) in [4.78, 5) is 17.9. The highest BCUT2D eigenvalue weighted by molar-refractivity contribution is 7.99. The second-order valence-electron chi connectivity index (χ2n) is 6.48. The number of amides is 1. The number of ether oxygens (including phenoxy) is 1. The van der Waals surface area contributed by atoms with Crippen molar-refractivity contribution >= 4 is 29.0 Å². The molecule has 1 amide bonds. The summed E-state index contributed by atoms with van der Waals surface area (Å²) in [6.07, 6.45) is 0.690. The van der Waals surface area contributed by atoms with Crippen LogP contribution in [-0.2, 0) is 17.0 Å². The van der Waals surface area contributed by atoms with Crippen LogP contribution < -0.4 is 10.1 Å². The number of nitrogens with one attached hydrogen (secondary N) is 1. The van der Waals surface area contributed by atoms with Crippen LogP contribution in [-0.4, -0.2) is 30.3 Å². The molecule has 7 heteroatoms. The van der Waals surface area contributed by atoms with E-state index in [1.165, 1.54) is 17.0 Å². The van der Waals surface area contributed by atoms with Crippen molar-refractivity contribution in [3.63, 3.8) is 0 Å². The highest BCUT2D eigenvalue weighted by Crippen LogP contribution is 2.31. The molecule has 152 valence electrons. The minimum atomic E-state index is -0.248. The van der Waals surface area contributed by atoms with Crippen molar-refractivity contribution < 1.29 is 13.9 Å². The van der Waals surface area contributed by atoms with Crippen LogP contribution in [0.2, 0.25) is 0 Å². The second kappa shape index (κ2) is 10.4. The molecule has 0 spiro atoms. The summed E-state index contributed by atoms with van der Waals surface area (Å²) in [5.41, 5.74) is 3.07. The van der Waals surface area contributed by atoms with Gasteiger partial charge in [0.15, 0.2) is 0 Å². The lowest BCUT2D eigenvalue weighted by atomic mass is 10.1. The van der Waals surface area contributed by atoms with Gasteiger partial charge in [0.25, 0.3) is 0 Å². The smallest absolute Gasteiger partial charge is 0.230 e. The van der Waals surface area contributed by atoms with Gasteiger partial charge in [-0.1, -0.05) is 12.1 Å². The molecule has 1 aromatic heterocycles. The number of aryl methyl sites for hydroxylation is 1. The Morgan fingerprint density at radius 3 is 2.59 bits per heavy atom. The number of thiazole rings is 1. The fourth-order valence-electron chi connectivity index (χ4n) is 2.70. The Hall–Kier alpha value is -2.38. The van der Waals surface area contributed by atoms with Gasteiger partial charge in [0.1, 0.15) is 16.6 Å². The number of hydrogen-bond acceptors (Lipinski definition) is 5. The standard InChI is InChI=1S/C22H23FN2O2S2/c1-15-20(29-22(25-15)17-5-9-19(27-2)10-6-17)13-28-14-21(26)24-12-11-16-3-7-18(23)8-4-16/h3-10H,11-14H2,1-2H3,(H,24,26). The van der Waals surface area contributed by atoms with Crippen LogP contribution in [0.15, 0.2) is 48.5 Å². The molecule has 0 saturated heterocycles. The third-order valence-corrected chi connectivity index (χ3v) is 6.69. The van der Waals surface area contributed by atoms with Gasteiger partial charge in [-0.2, -0.15) is 0 Å². The Bertz CT molecular complexity index is 940. The van der Waals surface area contributed by atoms with Gasteiger partial charge >= 0.3 is 0 Å². The first-order valence-electron chi connectivity index (χ1n) is 9.25. The van der Waals surface area contributed by atoms with Gasteiger partial charge in [-0.05, 0) is 55.3 Å². The summed E-state index contributed by atoms with van der Waals surface area (Å²) < 4.78 is 18.1. The molecule has 4 nitrogen and oxygen atoms in total. The number of nitrogens with zero attached hydrogens (tertiary/aromatic N) is 1. The molecule has 0 fully saturated rings. The first kappa shape index (κ1) is 21.3. The Kier molecular flexibility index (Phi) is 7.66. The molecule has 0 aliphatic carbocycles. The van der Waals surface area contributed by atoms with E-state index in [4.69, 9.17) is 4.74 Å². The average Bonchev–Trinajstić information content (AvgIpc) is 3.10. The predicted octanol–water partition coefficient (Wildman–Crippen LogP) is 4.86. The lowest BCUT2D eigenvalue weighted by Crippen LogP contribution is -2.27. The Morgan fingerprint density at radius 1 is 1.17 bits per heavy atom. The monoisotopic (exact) mass is 430 g/mol. The van der Waals surface area contributed by atoms with Crippen LogP contribution in [0.3, 0.4) is 0 Å². The lowest BCUT2D eigenvalue weighted by molar-refractivity contribution is -0.118. The number of hydrogen-bond donors (Lipinski definition) is 1. The van der Waals surface area contributed by atoms with E-state index in [0.717, 1.165) is 33.3 Å². The largest absolute Gasteiger partial charge is 0.497 e. The lowest BCUT2D eigenvalue weighted by Gasteiger charge is -2.05. The van der Waals surface area contributed by atoms with Gasteiger partial charge in [-0.15, -0.1) is 23.1 Å². The molecule has 0 atom stereocenters. The van der Waals surface area contributed by atoms with Crippen molar-refractivity contribution in [2.45, 2.75) is 19.1 Å². The minimum Gasteiger partial charge on any atom is -0.497 e. The van der Waals surface area contributed by atoms with Crippen LogP contribution in [0.5, 0.6) is 5.75 Å². The quantitative estimate of drug-likeness (QED) is 0.527. The molecular formula is C22H23FN2O2S2. The summed E-state index contributed by atoms with van der Waals surface area (Å²) in [6.45, 7) is 2.55. The van der Waals surface area contributed by atoms with Gasteiger partial charge < -0.3 is 10.1 Å². The van der Waals surface area contributed by atoms with E-state index < -0.39 is 0 Å². The molecule has 1 N–H and O–H groups in total. The maximum Gasteiger partial charge on any atom is 0.230 e. The zero-order valence-electron chi connectivity index (χ0n) is 16.4. The van der Waals surface area contributed by atoms with Crippen LogP contribution in [0.4, 0.5) is 4.39 Å². The van der Waals surface area contributed by atoms with Crippen molar-refractivity contribution in [2.75, 3.05) is 19.4 Å². The van der Waals surface area contributed by atoms with Gasteiger partial charge in [0.05, 0.1) is 18.6 Å². The number of halogens is 1. The molecule has 1 heterocycles. The Morgan fingerprint density at radius 2 is 1.90 bits per heavy atom. The zero-order valence-corrected chi connectivity index (χ0v) is 18.0. The summed E-state index contributed by atoms with van der Waals surface area (Å²) in [5, 5.41) is 3.89. The fraction of sp³-hybridized carbons (Fsp3) is 0.273. The highest BCUT2D eigenvalue weighted by Gasteiger charge is 2.11. The third-order valence-electron chi connectivity index (χ3n) is 4.35. The molecule has 0 aliphatic heterocycles. The first-order chi connectivity index (χ1) is 14.0. The van der Waals surface area contributed by atoms with Gasteiger partial charge in [0.2, 0.25) is 5.91 Å². The number of rotatable bonds is 9. The number of benzene rings is 2. The van der Waals surface area contributed by atoms with Crippen molar-refractivity contribution in [1.82, 2.24) is 10.3 Å². The van der Waals surface area contributed by atoms with Crippen molar-refractivity contribution in [3.05, 3.63) is 70.5 Å². The number of aromatic nitrogens is 1. The van der Waals surface area contributed by atoms with Crippen LogP contribution in [0, 0.1) is 12.7 Å². The summed E-state index contributed by atoms with van der Waals surface area (Å²) in [7, 11) is 1.65. The predicted molar refractivity (Wildman–Crippen MR) is 118 cm³/mol. The molecular weight excluding hydrogens is 407 g/mol.